The molecule has 0 aliphatic heterocycles. The van der Waals surface area contributed by atoms with Gasteiger partial charge in [0.05, 0.1) is 6.20 Å². The molecule has 0 bridgehead atoms. The quantitative estimate of drug-likeness (QED) is 0.626. The maximum Gasteiger partial charge on any atom is 0.196 e. The smallest absolute Gasteiger partial charge is 0.196 e. The van der Waals surface area contributed by atoms with Crippen LogP contribution in [0.1, 0.15) is 5.89 Å². The van der Waals surface area contributed by atoms with Crippen LogP contribution in [0.25, 0.3) is 22.1 Å². The number of halogens is 2. The largest absolute Gasteiger partial charge is 0.441 e. The van der Waals surface area contributed by atoms with Crippen molar-refractivity contribution in [1.29, 1.82) is 0 Å². The summed E-state index contributed by atoms with van der Waals surface area (Å²) in [7, 11) is 0. The van der Waals surface area contributed by atoms with Gasteiger partial charge < -0.3 is 4.42 Å². The van der Waals surface area contributed by atoms with Crippen molar-refractivity contribution in [2.45, 2.75) is 6.42 Å². The van der Waals surface area contributed by atoms with Crippen LogP contribution in [0.5, 0.6) is 0 Å². The molecule has 4 heteroatoms. The number of nitrogens with zero attached hydrogens (tertiary/aromatic N) is 1. The van der Waals surface area contributed by atoms with E-state index in [4.69, 9.17) is 16.0 Å². The highest BCUT2D eigenvalue weighted by atomic mass is 79.9. The molecule has 0 unspecified atom stereocenters. The van der Waals surface area contributed by atoms with E-state index in [2.05, 4.69) is 45.2 Å². The minimum Gasteiger partial charge on any atom is -0.441 e. The fourth-order valence-electron chi connectivity index (χ4n) is 2.01. The molecule has 0 fully saturated rings. The summed E-state index contributed by atoms with van der Waals surface area (Å²) >= 11 is 9.16. The minimum atomic E-state index is 0.520. The number of benzene rings is 2. The molecular formula is C15H11BrClNO. The number of aryl methyl sites for hydroxylation is 1. The second kappa shape index (κ2) is 5.35. The van der Waals surface area contributed by atoms with Crippen molar-refractivity contribution in [2.24, 2.45) is 0 Å². The Balaban J connectivity index is 2.02. The lowest BCUT2D eigenvalue weighted by atomic mass is 10.1. The van der Waals surface area contributed by atoms with Gasteiger partial charge in [-0.25, -0.2) is 4.98 Å². The van der Waals surface area contributed by atoms with Gasteiger partial charge in [0.2, 0.25) is 0 Å². The van der Waals surface area contributed by atoms with E-state index in [1.54, 1.807) is 6.20 Å². The summed E-state index contributed by atoms with van der Waals surface area (Å²) in [5.74, 6) is 1.98. The van der Waals surface area contributed by atoms with E-state index < -0.39 is 0 Å². The van der Waals surface area contributed by atoms with E-state index in [0.29, 0.717) is 18.2 Å². The van der Waals surface area contributed by atoms with Crippen LogP contribution in [0.2, 0.25) is 0 Å². The van der Waals surface area contributed by atoms with Gasteiger partial charge in [0.15, 0.2) is 11.7 Å². The van der Waals surface area contributed by atoms with Gasteiger partial charge in [0, 0.05) is 22.3 Å². The summed E-state index contributed by atoms with van der Waals surface area (Å²) in [5, 5.41) is 2.37. The summed E-state index contributed by atoms with van der Waals surface area (Å²) in [6, 6.07) is 12.4. The average molecular weight is 337 g/mol. The van der Waals surface area contributed by atoms with Gasteiger partial charge in [-0.05, 0) is 29.0 Å². The van der Waals surface area contributed by atoms with Gasteiger partial charge in [-0.15, -0.1) is 11.6 Å². The molecule has 0 saturated heterocycles. The average Bonchev–Trinajstić information content (AvgIpc) is 2.87. The highest BCUT2D eigenvalue weighted by Crippen LogP contribution is 2.27. The monoisotopic (exact) mass is 335 g/mol. The molecule has 0 aliphatic carbocycles. The topological polar surface area (TPSA) is 26.0 Å². The Morgan fingerprint density at radius 1 is 1.11 bits per heavy atom. The summed E-state index contributed by atoms with van der Waals surface area (Å²) in [6.07, 6.45) is 2.41. The first-order valence-electron chi connectivity index (χ1n) is 5.96. The van der Waals surface area contributed by atoms with E-state index in [0.717, 1.165) is 15.8 Å². The standard InChI is InChI=1S/C15H11BrClNO/c16-13-4-3-10-7-12(2-1-11(10)8-13)14-9-18-15(19-14)5-6-17/h1-4,7-9H,5-6H2. The van der Waals surface area contributed by atoms with Crippen molar-refractivity contribution >= 4 is 38.3 Å². The Kier molecular flexibility index (Phi) is 3.58. The molecule has 0 amide bonds. The van der Waals surface area contributed by atoms with Crippen molar-refractivity contribution in [1.82, 2.24) is 4.98 Å². The lowest BCUT2D eigenvalue weighted by molar-refractivity contribution is 0.515. The molecule has 19 heavy (non-hydrogen) atoms. The predicted octanol–water partition coefficient (Wildman–Crippen LogP) is 5.04. The van der Waals surface area contributed by atoms with E-state index in [-0.39, 0.29) is 0 Å². The molecule has 3 aromatic rings. The van der Waals surface area contributed by atoms with Crippen LogP contribution < -0.4 is 0 Å². The van der Waals surface area contributed by atoms with E-state index in [9.17, 15) is 0 Å². The Morgan fingerprint density at radius 3 is 2.74 bits per heavy atom. The second-order valence-corrected chi connectivity index (χ2v) is 5.56. The zero-order valence-electron chi connectivity index (χ0n) is 10.1. The van der Waals surface area contributed by atoms with E-state index >= 15 is 0 Å². The number of hydrogen-bond acceptors (Lipinski definition) is 2. The molecule has 0 radical (unpaired) electrons. The van der Waals surface area contributed by atoms with Crippen molar-refractivity contribution in [3.8, 4) is 11.3 Å². The van der Waals surface area contributed by atoms with Gasteiger partial charge in [0.1, 0.15) is 0 Å². The maximum atomic E-state index is 5.68. The zero-order valence-corrected chi connectivity index (χ0v) is 12.4. The van der Waals surface area contributed by atoms with Gasteiger partial charge in [0.25, 0.3) is 0 Å². The van der Waals surface area contributed by atoms with Crippen LogP contribution >= 0.6 is 27.5 Å². The van der Waals surface area contributed by atoms with Crippen LogP contribution in [0.3, 0.4) is 0 Å². The molecule has 96 valence electrons. The van der Waals surface area contributed by atoms with E-state index in [1.807, 2.05) is 12.1 Å². The number of alkyl halides is 1. The van der Waals surface area contributed by atoms with Crippen LogP contribution in [0.15, 0.2) is 51.5 Å². The molecular weight excluding hydrogens is 326 g/mol. The Labute approximate surface area is 124 Å². The number of fused-ring (bicyclic) bond motifs is 1. The molecule has 1 heterocycles. The summed E-state index contributed by atoms with van der Waals surface area (Å²) < 4.78 is 6.76. The zero-order chi connectivity index (χ0) is 13.2. The molecule has 0 aliphatic rings. The lowest BCUT2D eigenvalue weighted by Gasteiger charge is -2.01. The lowest BCUT2D eigenvalue weighted by Crippen LogP contribution is -1.83. The summed E-state index contributed by atoms with van der Waals surface area (Å²) in [5.41, 5.74) is 1.03. The normalized spacial score (nSPS) is 11.1. The first-order chi connectivity index (χ1) is 9.26. The van der Waals surface area contributed by atoms with Crippen LogP contribution in [0.4, 0.5) is 0 Å². The SMILES string of the molecule is ClCCc1ncc(-c2ccc3cc(Br)ccc3c2)o1. The van der Waals surface area contributed by atoms with Crippen molar-refractivity contribution in [3.63, 3.8) is 0 Å². The molecule has 3 rings (SSSR count). The Bertz CT molecular complexity index is 723. The number of aromatic nitrogens is 1. The van der Waals surface area contributed by atoms with Crippen LogP contribution in [0, 0.1) is 0 Å². The molecule has 0 saturated carbocycles. The van der Waals surface area contributed by atoms with Crippen molar-refractivity contribution in [2.75, 3.05) is 5.88 Å². The predicted molar refractivity (Wildman–Crippen MR) is 81.6 cm³/mol. The third-order valence-electron chi connectivity index (χ3n) is 2.95. The highest BCUT2D eigenvalue weighted by Gasteiger charge is 2.06. The first-order valence-corrected chi connectivity index (χ1v) is 7.29. The molecule has 2 aromatic carbocycles. The molecule has 0 atom stereocenters. The van der Waals surface area contributed by atoms with Gasteiger partial charge in [-0.1, -0.05) is 34.1 Å². The fourth-order valence-corrected chi connectivity index (χ4v) is 2.55. The maximum absolute atomic E-state index is 5.68. The molecule has 0 N–H and O–H groups in total. The highest BCUT2D eigenvalue weighted by molar-refractivity contribution is 9.10. The molecule has 0 spiro atoms. The van der Waals surface area contributed by atoms with Gasteiger partial charge in [-0.2, -0.15) is 0 Å². The second-order valence-electron chi connectivity index (χ2n) is 4.26. The van der Waals surface area contributed by atoms with Crippen LogP contribution in [-0.4, -0.2) is 10.9 Å². The third-order valence-corrected chi connectivity index (χ3v) is 3.63. The number of rotatable bonds is 3. The minimum absolute atomic E-state index is 0.520. The number of hydrogen-bond donors (Lipinski definition) is 0. The third kappa shape index (κ3) is 2.67. The molecule has 2 nitrogen and oxygen atoms in total. The summed E-state index contributed by atoms with van der Waals surface area (Å²) in [6.45, 7) is 0. The Hall–Kier alpha value is -1.32. The van der Waals surface area contributed by atoms with Crippen molar-refractivity contribution < 1.29 is 4.42 Å². The van der Waals surface area contributed by atoms with Gasteiger partial charge >= 0.3 is 0 Å². The summed E-state index contributed by atoms with van der Waals surface area (Å²) in [4.78, 5) is 4.22. The van der Waals surface area contributed by atoms with E-state index in [1.165, 1.54) is 10.8 Å². The Morgan fingerprint density at radius 2 is 1.89 bits per heavy atom. The van der Waals surface area contributed by atoms with Crippen LogP contribution in [-0.2, 0) is 6.42 Å². The number of oxazole rings is 1. The van der Waals surface area contributed by atoms with Gasteiger partial charge in [-0.3, -0.25) is 0 Å². The molecule has 1 aromatic heterocycles. The fraction of sp³-hybridized carbons (Fsp3) is 0.133. The van der Waals surface area contributed by atoms with Crippen molar-refractivity contribution in [3.05, 3.63) is 53.0 Å². The first kappa shape index (κ1) is 12.7.